The maximum Gasteiger partial charge on any atom is 0.348 e. The van der Waals surface area contributed by atoms with Crippen LogP contribution in [-0.2, 0) is 21.6 Å². The summed E-state index contributed by atoms with van der Waals surface area (Å²) in [6, 6.07) is 28.3. The van der Waals surface area contributed by atoms with E-state index in [1.54, 1.807) is 13.0 Å². The molecule has 7 heteroatoms. The zero-order valence-electron chi connectivity index (χ0n) is 21.8. The van der Waals surface area contributed by atoms with E-state index >= 15 is 0 Å². The third-order valence-corrected chi connectivity index (χ3v) is 6.42. The lowest BCUT2D eigenvalue weighted by Gasteiger charge is -2.39. The Labute approximate surface area is 223 Å². The summed E-state index contributed by atoms with van der Waals surface area (Å²) in [6.45, 7) is 4.14. The van der Waals surface area contributed by atoms with E-state index in [4.69, 9.17) is 14.2 Å². The molecule has 7 nitrogen and oxygen atoms in total. The van der Waals surface area contributed by atoms with Crippen LogP contribution in [0.1, 0.15) is 34.4 Å². The van der Waals surface area contributed by atoms with E-state index in [1.807, 2.05) is 72.8 Å². The molecule has 4 rings (SSSR count). The Balaban J connectivity index is 1.77. The lowest BCUT2D eigenvalue weighted by Crippen LogP contribution is -2.51. The summed E-state index contributed by atoms with van der Waals surface area (Å²) in [5, 5.41) is 10.6. The Morgan fingerprint density at radius 2 is 1.50 bits per heavy atom. The van der Waals surface area contributed by atoms with Crippen molar-refractivity contribution in [2.75, 3.05) is 13.7 Å². The predicted octanol–water partition coefficient (Wildman–Crippen LogP) is 5.53. The smallest absolute Gasteiger partial charge is 0.348 e. The predicted molar refractivity (Wildman–Crippen MR) is 144 cm³/mol. The fourth-order valence-corrected chi connectivity index (χ4v) is 4.55. The molecule has 1 unspecified atom stereocenters. The van der Waals surface area contributed by atoms with E-state index in [9.17, 15) is 9.90 Å². The minimum atomic E-state index is -1.50. The summed E-state index contributed by atoms with van der Waals surface area (Å²) in [5.41, 5.74) is 2.83. The molecule has 0 aliphatic heterocycles. The van der Waals surface area contributed by atoms with Gasteiger partial charge >= 0.3 is 12.0 Å². The third kappa shape index (κ3) is 6.01. The monoisotopic (exact) mass is 512 g/mol. The van der Waals surface area contributed by atoms with Crippen molar-refractivity contribution in [2.24, 2.45) is 0 Å². The van der Waals surface area contributed by atoms with Crippen molar-refractivity contribution in [3.63, 3.8) is 0 Å². The van der Waals surface area contributed by atoms with Gasteiger partial charge in [-0.15, -0.1) is 0 Å². The number of hydrogen-bond donors (Lipinski definition) is 1. The summed E-state index contributed by atoms with van der Waals surface area (Å²) in [7, 11) is 1.48. The molecule has 0 spiro atoms. The van der Waals surface area contributed by atoms with Gasteiger partial charge < -0.3 is 19.3 Å². The van der Waals surface area contributed by atoms with Crippen molar-refractivity contribution in [1.82, 2.24) is 9.97 Å². The Bertz CT molecular complexity index is 1310. The molecule has 0 aliphatic carbocycles. The summed E-state index contributed by atoms with van der Waals surface area (Å²) >= 11 is 0. The summed E-state index contributed by atoms with van der Waals surface area (Å²) < 4.78 is 18.0. The standard InChI is InChI=1S/C31H32N2O5/c1-22-13-10-11-14-24(22)15-12-20-37-31(25-16-6-4-7-17-25,26-18-8-5-9-19-26)28(29(34)35)38-30-32-23(2)21-27(33-30)36-3/h4-11,13-14,16-19,21,28H,12,15,20H2,1-3H3,(H,34,35). The molecule has 0 bridgehead atoms. The van der Waals surface area contributed by atoms with Crippen LogP contribution in [0.3, 0.4) is 0 Å². The van der Waals surface area contributed by atoms with Crippen LogP contribution in [0.15, 0.2) is 91.0 Å². The quantitative estimate of drug-likeness (QED) is 0.250. The average molecular weight is 513 g/mol. The third-order valence-electron chi connectivity index (χ3n) is 6.42. The molecule has 0 radical (unpaired) electrons. The van der Waals surface area contributed by atoms with Crippen LogP contribution in [0, 0.1) is 13.8 Å². The minimum Gasteiger partial charge on any atom is -0.481 e. The highest BCUT2D eigenvalue weighted by Crippen LogP contribution is 2.39. The number of carboxylic acid groups (broad SMARTS) is 1. The molecule has 1 N–H and O–H groups in total. The number of rotatable bonds is 12. The highest BCUT2D eigenvalue weighted by Gasteiger charge is 2.50. The molecule has 196 valence electrons. The van der Waals surface area contributed by atoms with Crippen molar-refractivity contribution < 1.29 is 24.1 Å². The average Bonchev–Trinajstić information content (AvgIpc) is 2.94. The number of aryl methyl sites for hydroxylation is 3. The van der Waals surface area contributed by atoms with E-state index in [2.05, 4.69) is 29.0 Å². The molecular weight excluding hydrogens is 480 g/mol. The molecule has 0 fully saturated rings. The van der Waals surface area contributed by atoms with Gasteiger partial charge in [0.15, 0.2) is 5.60 Å². The fourth-order valence-electron chi connectivity index (χ4n) is 4.55. The number of aromatic nitrogens is 2. The molecule has 4 aromatic rings. The maximum atomic E-state index is 12.9. The molecule has 0 amide bonds. The molecule has 0 saturated carbocycles. The first-order valence-corrected chi connectivity index (χ1v) is 12.5. The van der Waals surface area contributed by atoms with Gasteiger partial charge in [0.25, 0.3) is 0 Å². The van der Waals surface area contributed by atoms with Gasteiger partial charge in [-0.2, -0.15) is 4.98 Å². The number of methoxy groups -OCH3 is 1. The van der Waals surface area contributed by atoms with Crippen LogP contribution in [0.25, 0.3) is 0 Å². The molecule has 3 aromatic carbocycles. The van der Waals surface area contributed by atoms with E-state index in [0.29, 0.717) is 29.8 Å². The number of nitrogens with zero attached hydrogens (tertiary/aromatic N) is 2. The second-order valence-corrected chi connectivity index (χ2v) is 9.02. The highest BCUT2D eigenvalue weighted by molar-refractivity contribution is 5.76. The Kier molecular flexibility index (Phi) is 8.71. The van der Waals surface area contributed by atoms with Crippen LogP contribution in [-0.4, -0.2) is 40.9 Å². The molecule has 0 saturated heterocycles. The Morgan fingerprint density at radius 1 is 0.895 bits per heavy atom. The van der Waals surface area contributed by atoms with Gasteiger partial charge in [-0.05, 0) is 48.9 Å². The summed E-state index contributed by atoms with van der Waals surface area (Å²) in [6.07, 6.45) is -0.0199. The first-order chi connectivity index (χ1) is 18.4. The topological polar surface area (TPSA) is 90.8 Å². The molecule has 1 atom stereocenters. The van der Waals surface area contributed by atoms with E-state index in [0.717, 1.165) is 6.42 Å². The van der Waals surface area contributed by atoms with Gasteiger partial charge in [-0.3, -0.25) is 0 Å². The zero-order valence-corrected chi connectivity index (χ0v) is 21.8. The molecular formula is C31H32N2O5. The van der Waals surface area contributed by atoms with E-state index < -0.39 is 17.7 Å². The number of hydrogen-bond acceptors (Lipinski definition) is 6. The lowest BCUT2D eigenvalue weighted by molar-refractivity contribution is -0.164. The van der Waals surface area contributed by atoms with Crippen LogP contribution >= 0.6 is 0 Å². The first-order valence-electron chi connectivity index (χ1n) is 12.5. The van der Waals surface area contributed by atoms with Crippen LogP contribution in [0.2, 0.25) is 0 Å². The Hall–Kier alpha value is -4.23. The van der Waals surface area contributed by atoms with Gasteiger partial charge in [0.05, 0.1) is 7.11 Å². The van der Waals surface area contributed by atoms with Crippen molar-refractivity contribution >= 4 is 5.97 Å². The number of ether oxygens (including phenoxy) is 3. The van der Waals surface area contributed by atoms with Crippen LogP contribution in [0.4, 0.5) is 0 Å². The van der Waals surface area contributed by atoms with Crippen molar-refractivity contribution in [3.05, 3.63) is 119 Å². The fraction of sp³-hybridized carbons (Fsp3) is 0.258. The lowest BCUT2D eigenvalue weighted by atomic mass is 9.81. The Morgan fingerprint density at radius 3 is 2.08 bits per heavy atom. The van der Waals surface area contributed by atoms with E-state index in [1.165, 1.54) is 18.2 Å². The molecule has 1 heterocycles. The largest absolute Gasteiger partial charge is 0.481 e. The van der Waals surface area contributed by atoms with Crippen LogP contribution in [0.5, 0.6) is 11.9 Å². The number of carboxylic acids is 1. The molecule has 1 aromatic heterocycles. The molecule has 0 aliphatic rings. The van der Waals surface area contributed by atoms with Crippen molar-refractivity contribution in [2.45, 2.75) is 38.4 Å². The zero-order chi connectivity index (χ0) is 27.0. The summed E-state index contributed by atoms with van der Waals surface area (Å²) in [5.74, 6) is -0.929. The van der Waals surface area contributed by atoms with Gasteiger partial charge in [0, 0.05) is 18.4 Å². The van der Waals surface area contributed by atoms with Gasteiger partial charge in [0.2, 0.25) is 12.0 Å². The number of benzene rings is 3. The number of carbonyl (C=O) groups is 1. The van der Waals surface area contributed by atoms with Crippen LogP contribution < -0.4 is 9.47 Å². The highest BCUT2D eigenvalue weighted by atomic mass is 16.6. The number of aliphatic carboxylic acids is 1. The van der Waals surface area contributed by atoms with Crippen molar-refractivity contribution in [3.8, 4) is 11.9 Å². The minimum absolute atomic E-state index is 0.103. The second-order valence-electron chi connectivity index (χ2n) is 9.02. The van der Waals surface area contributed by atoms with Crippen molar-refractivity contribution in [1.29, 1.82) is 0 Å². The van der Waals surface area contributed by atoms with Gasteiger partial charge in [0.1, 0.15) is 0 Å². The normalized spacial score (nSPS) is 12.1. The van der Waals surface area contributed by atoms with Gasteiger partial charge in [-0.1, -0.05) is 84.9 Å². The van der Waals surface area contributed by atoms with E-state index in [-0.39, 0.29) is 11.9 Å². The summed E-state index contributed by atoms with van der Waals surface area (Å²) in [4.78, 5) is 21.5. The first kappa shape index (κ1) is 26.8. The SMILES string of the molecule is COc1cc(C)nc(OC(C(=O)O)C(OCCCc2ccccc2C)(c2ccccc2)c2ccccc2)n1. The maximum absolute atomic E-state index is 12.9. The second kappa shape index (κ2) is 12.3. The van der Waals surface area contributed by atoms with Gasteiger partial charge in [-0.25, -0.2) is 9.78 Å². The molecule has 38 heavy (non-hydrogen) atoms.